The average Bonchev–Trinajstić information content (AvgIpc) is 3.34. The molecule has 0 spiro atoms. The van der Waals surface area contributed by atoms with Crippen LogP contribution in [0.2, 0.25) is 0 Å². The zero-order valence-electron chi connectivity index (χ0n) is 22.4. The predicted molar refractivity (Wildman–Crippen MR) is 145 cm³/mol. The van der Waals surface area contributed by atoms with E-state index in [0.29, 0.717) is 61.7 Å². The number of aliphatic hydroxyl groups is 1. The van der Waals surface area contributed by atoms with Crippen LogP contribution in [0.25, 0.3) is 11.3 Å². The Labute approximate surface area is 230 Å². The topological polar surface area (TPSA) is 135 Å². The van der Waals surface area contributed by atoms with Crippen molar-refractivity contribution in [2.75, 3.05) is 57.0 Å². The highest BCUT2D eigenvalue weighted by Gasteiger charge is 2.33. The molecule has 11 nitrogen and oxygen atoms in total. The maximum absolute atomic E-state index is 13.3. The quantitative estimate of drug-likeness (QED) is 0.405. The van der Waals surface area contributed by atoms with Gasteiger partial charge in [-0.1, -0.05) is 6.92 Å². The number of alkyl halides is 2. The molecule has 4 heterocycles. The molecule has 2 aromatic heterocycles. The van der Waals surface area contributed by atoms with Gasteiger partial charge in [0.05, 0.1) is 29.2 Å². The highest BCUT2D eigenvalue weighted by atomic mass is 19.3. The molecule has 1 aromatic carbocycles. The molecule has 0 saturated carbocycles. The summed E-state index contributed by atoms with van der Waals surface area (Å²) in [7, 11) is 1.97. The van der Waals surface area contributed by atoms with Gasteiger partial charge in [-0.15, -0.1) is 0 Å². The third-order valence-electron chi connectivity index (χ3n) is 7.51. The van der Waals surface area contributed by atoms with E-state index in [1.165, 1.54) is 12.4 Å². The molecule has 0 radical (unpaired) electrons. The summed E-state index contributed by atoms with van der Waals surface area (Å²) >= 11 is 0. The number of aliphatic hydroxyl groups excluding tert-OH is 1. The minimum absolute atomic E-state index is 0.0181. The van der Waals surface area contributed by atoms with Gasteiger partial charge in [0.1, 0.15) is 12.6 Å². The Morgan fingerprint density at radius 3 is 2.77 bits per heavy atom. The van der Waals surface area contributed by atoms with Gasteiger partial charge in [0.25, 0.3) is 12.3 Å². The highest BCUT2D eigenvalue weighted by Crippen LogP contribution is 2.41. The molecule has 1 saturated heterocycles. The molecule has 1 fully saturated rings. The van der Waals surface area contributed by atoms with Crippen LogP contribution in [-0.4, -0.2) is 93.4 Å². The number of carbonyl (C=O) groups excluding carboxylic acids is 1. The maximum atomic E-state index is 13.3. The van der Waals surface area contributed by atoms with E-state index in [0.717, 1.165) is 10.2 Å². The second kappa shape index (κ2) is 11.1. The summed E-state index contributed by atoms with van der Waals surface area (Å²) in [6.45, 7) is 4.29. The fourth-order valence-electron chi connectivity index (χ4n) is 5.07. The molecular weight excluding hydrogens is 520 g/mol. The molecule has 1 unspecified atom stereocenters. The van der Waals surface area contributed by atoms with E-state index in [9.17, 15) is 23.9 Å². The SMILES string of the molecule is CN1CCN(C(=O)c2nn(CC(F)F)cc2Nc2nccc(-c3cc(C#N)c4c(c3)C(C)(CO)CCN4)n2)CC1. The minimum atomic E-state index is -2.64. The van der Waals surface area contributed by atoms with Gasteiger partial charge in [0.15, 0.2) is 5.69 Å². The normalized spacial score (nSPS) is 19.2. The summed E-state index contributed by atoms with van der Waals surface area (Å²) in [6.07, 6.45) is 0.951. The number of piperazine rings is 1. The first-order valence-electron chi connectivity index (χ1n) is 13.1. The number of anilines is 3. The average molecular weight is 552 g/mol. The van der Waals surface area contributed by atoms with E-state index in [4.69, 9.17) is 0 Å². The molecular formula is C27H31F2N9O2. The Kier molecular flexibility index (Phi) is 7.64. The third-order valence-corrected chi connectivity index (χ3v) is 7.51. The largest absolute Gasteiger partial charge is 0.395 e. The maximum Gasteiger partial charge on any atom is 0.276 e. The Bertz CT molecular complexity index is 1450. The van der Waals surface area contributed by atoms with Gasteiger partial charge in [-0.25, -0.2) is 18.7 Å². The van der Waals surface area contributed by atoms with Crippen molar-refractivity contribution in [3.8, 4) is 17.3 Å². The lowest BCUT2D eigenvalue weighted by Crippen LogP contribution is -2.47. The van der Waals surface area contributed by atoms with Crippen LogP contribution in [0.3, 0.4) is 0 Å². The molecule has 1 atom stereocenters. The lowest BCUT2D eigenvalue weighted by Gasteiger charge is -2.36. The Hall–Kier alpha value is -4.15. The molecule has 3 N–H and O–H groups in total. The van der Waals surface area contributed by atoms with Crippen molar-refractivity contribution >= 4 is 23.2 Å². The number of nitrogens with one attached hydrogen (secondary N) is 2. The fraction of sp³-hybridized carbons (Fsp3) is 0.444. The highest BCUT2D eigenvalue weighted by molar-refractivity contribution is 5.98. The van der Waals surface area contributed by atoms with Gasteiger partial charge in [-0.3, -0.25) is 9.48 Å². The number of hydrogen-bond donors (Lipinski definition) is 3. The molecule has 210 valence electrons. The van der Waals surface area contributed by atoms with Gasteiger partial charge in [-0.2, -0.15) is 10.4 Å². The number of aromatic nitrogens is 4. The van der Waals surface area contributed by atoms with Crippen LogP contribution in [0.5, 0.6) is 0 Å². The van der Waals surface area contributed by atoms with Crippen LogP contribution in [0, 0.1) is 11.3 Å². The zero-order chi connectivity index (χ0) is 28.4. The molecule has 3 aromatic rings. The van der Waals surface area contributed by atoms with Gasteiger partial charge < -0.3 is 25.5 Å². The molecule has 5 rings (SSSR count). The smallest absolute Gasteiger partial charge is 0.276 e. The van der Waals surface area contributed by atoms with Crippen LogP contribution in [0.1, 0.15) is 35.0 Å². The number of halogens is 2. The first-order valence-corrected chi connectivity index (χ1v) is 13.1. The van der Waals surface area contributed by atoms with Crippen molar-refractivity contribution in [1.29, 1.82) is 5.26 Å². The van der Waals surface area contributed by atoms with E-state index in [-0.39, 0.29) is 29.8 Å². The second-order valence-corrected chi connectivity index (χ2v) is 10.4. The molecule has 2 aliphatic heterocycles. The summed E-state index contributed by atoms with van der Waals surface area (Å²) in [5.74, 6) is -0.218. The number of fused-ring (bicyclic) bond motifs is 1. The number of carbonyl (C=O) groups is 1. The zero-order valence-corrected chi connectivity index (χ0v) is 22.4. The van der Waals surface area contributed by atoms with Gasteiger partial charge >= 0.3 is 0 Å². The van der Waals surface area contributed by atoms with Crippen LogP contribution in [0.4, 0.5) is 26.1 Å². The number of likely N-dealkylation sites (N-methyl/N-ethyl adjacent to an activating group) is 1. The number of nitrogens with zero attached hydrogens (tertiary/aromatic N) is 7. The van der Waals surface area contributed by atoms with Crippen LogP contribution >= 0.6 is 0 Å². The third kappa shape index (κ3) is 5.45. The first kappa shape index (κ1) is 27.4. The van der Waals surface area contributed by atoms with Gasteiger partial charge in [-0.05, 0) is 37.2 Å². The number of hydrogen-bond acceptors (Lipinski definition) is 9. The monoisotopic (exact) mass is 551 g/mol. The lowest BCUT2D eigenvalue weighted by atomic mass is 9.75. The molecule has 1 amide bonds. The van der Waals surface area contributed by atoms with Crippen molar-refractivity contribution in [2.45, 2.75) is 31.7 Å². The van der Waals surface area contributed by atoms with Crippen molar-refractivity contribution in [3.05, 3.63) is 47.4 Å². The molecule has 2 aliphatic rings. The molecule has 0 bridgehead atoms. The number of amides is 1. The van der Waals surface area contributed by atoms with Crippen molar-refractivity contribution in [2.24, 2.45) is 0 Å². The van der Waals surface area contributed by atoms with Crippen molar-refractivity contribution in [3.63, 3.8) is 0 Å². The molecule has 40 heavy (non-hydrogen) atoms. The van der Waals surface area contributed by atoms with Crippen molar-refractivity contribution < 1.29 is 18.7 Å². The summed E-state index contributed by atoms with van der Waals surface area (Å²) in [6, 6.07) is 7.56. The summed E-state index contributed by atoms with van der Waals surface area (Å²) in [5.41, 5.74) is 2.87. The molecule has 13 heteroatoms. The second-order valence-electron chi connectivity index (χ2n) is 10.4. The fourth-order valence-corrected chi connectivity index (χ4v) is 5.07. The minimum Gasteiger partial charge on any atom is -0.395 e. The van der Waals surface area contributed by atoms with E-state index < -0.39 is 18.4 Å². The Morgan fingerprint density at radius 1 is 1.30 bits per heavy atom. The summed E-state index contributed by atoms with van der Waals surface area (Å²) < 4.78 is 27.3. The predicted octanol–water partition coefficient (Wildman–Crippen LogP) is 2.67. The standard InChI is InChI=1S/C27H31F2N9O2/c1-27(16-39)4-6-31-23-18(13-30)11-17(12-19(23)27)20-3-5-32-26(33-20)34-21-14-38(15-22(28)29)35-24(21)25(40)37-9-7-36(2)8-10-37/h3,5,11-12,14,22,31,39H,4,6-10,15-16H2,1-2H3,(H,32,33,34). The number of nitriles is 1. The van der Waals surface area contributed by atoms with Gasteiger partial charge in [0, 0.05) is 56.1 Å². The first-order chi connectivity index (χ1) is 19.2. The van der Waals surface area contributed by atoms with Crippen molar-refractivity contribution in [1.82, 2.24) is 29.5 Å². The lowest BCUT2D eigenvalue weighted by molar-refractivity contribution is 0.0655. The van der Waals surface area contributed by atoms with Gasteiger partial charge in [0.2, 0.25) is 5.95 Å². The van der Waals surface area contributed by atoms with E-state index in [2.05, 4.69) is 36.7 Å². The van der Waals surface area contributed by atoms with Crippen LogP contribution in [-0.2, 0) is 12.0 Å². The summed E-state index contributed by atoms with van der Waals surface area (Å²) in [5, 5.41) is 30.4. The number of rotatable bonds is 7. The van der Waals surface area contributed by atoms with E-state index >= 15 is 0 Å². The summed E-state index contributed by atoms with van der Waals surface area (Å²) in [4.78, 5) is 25.9. The number of benzene rings is 1. The van der Waals surface area contributed by atoms with E-state index in [1.54, 1.807) is 17.0 Å². The van der Waals surface area contributed by atoms with Crippen LogP contribution in [0.15, 0.2) is 30.6 Å². The Morgan fingerprint density at radius 2 is 2.08 bits per heavy atom. The van der Waals surface area contributed by atoms with E-state index in [1.807, 2.05) is 20.0 Å². The Balaban J connectivity index is 1.48. The van der Waals surface area contributed by atoms with Crippen LogP contribution < -0.4 is 10.6 Å². The molecule has 0 aliphatic carbocycles.